The molecule has 1 amide bonds. The van der Waals surface area contributed by atoms with Gasteiger partial charge in [0.25, 0.3) is 0 Å². The number of amides is 1. The van der Waals surface area contributed by atoms with Crippen molar-refractivity contribution in [1.29, 1.82) is 0 Å². The predicted molar refractivity (Wildman–Crippen MR) is 143 cm³/mol. The molecule has 2 aromatic heterocycles. The molecule has 1 fully saturated rings. The Morgan fingerprint density at radius 1 is 0.946 bits per heavy atom. The molecule has 0 spiro atoms. The first-order valence-corrected chi connectivity index (χ1v) is 12.5. The quantitative estimate of drug-likeness (QED) is 0.347. The average Bonchev–Trinajstić information content (AvgIpc) is 3.38. The first-order valence-electron chi connectivity index (χ1n) is 12.5. The number of fused-ring (bicyclic) bond motifs is 3. The van der Waals surface area contributed by atoms with E-state index in [-0.39, 0.29) is 18.7 Å². The molecule has 0 saturated carbocycles. The van der Waals surface area contributed by atoms with E-state index in [0.29, 0.717) is 19.6 Å². The zero-order valence-corrected chi connectivity index (χ0v) is 20.9. The molecular weight excluding hydrogens is 464 g/mol. The number of aryl methyl sites for hydroxylation is 1. The number of piperazine rings is 1. The highest BCUT2D eigenvalue weighted by Crippen LogP contribution is 2.29. The molecule has 6 rings (SSSR count). The molecule has 0 N–H and O–H groups in total. The van der Waals surface area contributed by atoms with Crippen molar-refractivity contribution in [3.8, 4) is 11.4 Å². The fourth-order valence-electron chi connectivity index (χ4n) is 4.88. The van der Waals surface area contributed by atoms with Crippen LogP contribution >= 0.6 is 0 Å². The molecule has 8 nitrogen and oxygen atoms in total. The normalized spacial score (nSPS) is 15.9. The van der Waals surface area contributed by atoms with Gasteiger partial charge in [0.15, 0.2) is 11.5 Å². The van der Waals surface area contributed by atoms with Crippen LogP contribution in [0.3, 0.4) is 0 Å². The number of para-hydroxylation sites is 1. The van der Waals surface area contributed by atoms with E-state index in [2.05, 4.69) is 46.3 Å². The number of carbonyl (C=O) groups excluding carboxylic acids is 1. The van der Waals surface area contributed by atoms with Crippen molar-refractivity contribution < 1.29 is 9.53 Å². The van der Waals surface area contributed by atoms with Crippen molar-refractivity contribution in [2.75, 3.05) is 24.5 Å². The van der Waals surface area contributed by atoms with Gasteiger partial charge in [0.05, 0.1) is 5.52 Å². The van der Waals surface area contributed by atoms with Crippen molar-refractivity contribution >= 4 is 28.6 Å². The van der Waals surface area contributed by atoms with Crippen molar-refractivity contribution in [2.45, 2.75) is 26.5 Å². The first-order chi connectivity index (χ1) is 18.1. The second kappa shape index (κ2) is 9.54. The van der Waals surface area contributed by atoms with Crippen molar-refractivity contribution in [3.63, 3.8) is 0 Å². The Morgan fingerprint density at radius 2 is 1.70 bits per heavy atom. The molecular formula is C29H28N6O2. The Labute approximate surface area is 215 Å². The molecule has 0 unspecified atom stereocenters. The van der Waals surface area contributed by atoms with Crippen LogP contribution in [0.2, 0.25) is 0 Å². The van der Waals surface area contributed by atoms with Gasteiger partial charge in [0, 0.05) is 36.6 Å². The lowest BCUT2D eigenvalue weighted by atomic mass is 10.1. The molecule has 5 aromatic rings. The minimum absolute atomic E-state index is 0.0559. The lowest BCUT2D eigenvalue weighted by Crippen LogP contribution is -2.54. The Balaban J connectivity index is 1.31. The summed E-state index contributed by atoms with van der Waals surface area (Å²) in [6.45, 7) is 6.15. The summed E-state index contributed by atoms with van der Waals surface area (Å²) >= 11 is 0. The van der Waals surface area contributed by atoms with Crippen LogP contribution in [0.25, 0.3) is 27.9 Å². The van der Waals surface area contributed by atoms with Crippen LogP contribution in [-0.4, -0.2) is 56.3 Å². The molecule has 0 radical (unpaired) electrons. The standard InChI is InChI=1S/C29H28N6O2/c1-20-12-14-23(15-13-20)26-31-32-27-24-10-6-7-11-25(24)30-28(35(26)27)33-16-17-34(21(2)18-33)29(36)37-19-22-8-4-3-5-9-22/h3-15,21H,16-19H2,1-2H3/t21-/m0/s1. The first kappa shape index (κ1) is 23.0. The van der Waals surface area contributed by atoms with E-state index in [0.717, 1.165) is 39.4 Å². The number of carbonyl (C=O) groups is 1. The summed E-state index contributed by atoms with van der Waals surface area (Å²) in [4.78, 5) is 22.0. The van der Waals surface area contributed by atoms with Gasteiger partial charge in [0.2, 0.25) is 5.95 Å². The fourth-order valence-corrected chi connectivity index (χ4v) is 4.88. The van der Waals surface area contributed by atoms with E-state index in [4.69, 9.17) is 9.72 Å². The molecule has 1 saturated heterocycles. The topological polar surface area (TPSA) is 75.9 Å². The highest BCUT2D eigenvalue weighted by atomic mass is 16.6. The summed E-state index contributed by atoms with van der Waals surface area (Å²) in [6.07, 6.45) is -0.294. The largest absolute Gasteiger partial charge is 0.445 e. The Hall–Kier alpha value is -4.46. The van der Waals surface area contributed by atoms with Gasteiger partial charge >= 0.3 is 6.09 Å². The van der Waals surface area contributed by atoms with E-state index in [9.17, 15) is 4.79 Å². The fraction of sp³-hybridized carbons (Fsp3) is 0.241. The number of aromatic nitrogens is 4. The van der Waals surface area contributed by atoms with Crippen LogP contribution in [-0.2, 0) is 11.3 Å². The number of anilines is 1. The van der Waals surface area contributed by atoms with Crippen LogP contribution in [0, 0.1) is 6.92 Å². The van der Waals surface area contributed by atoms with Crippen molar-refractivity contribution in [3.05, 3.63) is 90.0 Å². The second-order valence-electron chi connectivity index (χ2n) is 9.51. The highest BCUT2D eigenvalue weighted by molar-refractivity contribution is 5.93. The number of rotatable bonds is 4. The van der Waals surface area contributed by atoms with E-state index in [1.165, 1.54) is 5.56 Å². The van der Waals surface area contributed by atoms with E-state index in [1.54, 1.807) is 4.90 Å². The zero-order valence-electron chi connectivity index (χ0n) is 20.9. The maximum absolute atomic E-state index is 12.9. The number of hydrogen-bond acceptors (Lipinski definition) is 6. The van der Waals surface area contributed by atoms with Crippen molar-refractivity contribution in [2.24, 2.45) is 0 Å². The zero-order chi connectivity index (χ0) is 25.4. The minimum Gasteiger partial charge on any atom is -0.445 e. The van der Waals surface area contributed by atoms with Gasteiger partial charge in [-0.05, 0) is 31.5 Å². The average molecular weight is 493 g/mol. The van der Waals surface area contributed by atoms with Gasteiger partial charge < -0.3 is 14.5 Å². The van der Waals surface area contributed by atoms with Crippen LogP contribution in [0.4, 0.5) is 10.7 Å². The van der Waals surface area contributed by atoms with E-state index >= 15 is 0 Å². The Bertz CT molecular complexity index is 1560. The van der Waals surface area contributed by atoms with Gasteiger partial charge in [-0.1, -0.05) is 72.3 Å². The molecule has 1 aliphatic rings. The molecule has 1 aliphatic heterocycles. The summed E-state index contributed by atoms with van der Waals surface area (Å²) in [7, 11) is 0. The molecule has 3 aromatic carbocycles. The maximum Gasteiger partial charge on any atom is 0.410 e. The smallest absolute Gasteiger partial charge is 0.410 e. The van der Waals surface area contributed by atoms with Crippen LogP contribution in [0.5, 0.6) is 0 Å². The summed E-state index contributed by atoms with van der Waals surface area (Å²) in [5.41, 5.74) is 4.78. The molecule has 3 heterocycles. The third-order valence-corrected chi connectivity index (χ3v) is 6.89. The lowest BCUT2D eigenvalue weighted by Gasteiger charge is -2.39. The van der Waals surface area contributed by atoms with Gasteiger partial charge in [-0.15, -0.1) is 10.2 Å². The Morgan fingerprint density at radius 3 is 2.49 bits per heavy atom. The van der Waals surface area contributed by atoms with E-state index in [1.807, 2.05) is 65.9 Å². The van der Waals surface area contributed by atoms with Crippen LogP contribution in [0.15, 0.2) is 78.9 Å². The monoisotopic (exact) mass is 492 g/mol. The molecule has 0 bridgehead atoms. The van der Waals surface area contributed by atoms with Crippen LogP contribution in [0.1, 0.15) is 18.1 Å². The third kappa shape index (κ3) is 4.35. The predicted octanol–water partition coefficient (Wildman–Crippen LogP) is 5.10. The lowest BCUT2D eigenvalue weighted by molar-refractivity contribution is 0.0793. The molecule has 1 atom stereocenters. The van der Waals surface area contributed by atoms with Gasteiger partial charge in [-0.2, -0.15) is 0 Å². The maximum atomic E-state index is 12.9. The number of hydrogen-bond donors (Lipinski definition) is 0. The Kier molecular flexibility index (Phi) is 5.92. The molecule has 37 heavy (non-hydrogen) atoms. The summed E-state index contributed by atoms with van der Waals surface area (Å²) < 4.78 is 7.65. The van der Waals surface area contributed by atoms with Gasteiger partial charge in [0.1, 0.15) is 6.61 Å². The molecule has 186 valence electrons. The minimum atomic E-state index is -0.294. The van der Waals surface area contributed by atoms with Gasteiger partial charge in [-0.25, -0.2) is 14.2 Å². The summed E-state index contributed by atoms with van der Waals surface area (Å²) in [6, 6.07) is 26.0. The summed E-state index contributed by atoms with van der Waals surface area (Å²) in [5, 5.41) is 10.1. The number of benzene rings is 3. The third-order valence-electron chi connectivity index (χ3n) is 6.89. The molecule has 0 aliphatic carbocycles. The van der Waals surface area contributed by atoms with Crippen LogP contribution < -0.4 is 4.90 Å². The number of nitrogens with zero attached hydrogens (tertiary/aromatic N) is 6. The number of ether oxygens (including phenoxy) is 1. The molecule has 8 heteroatoms. The van der Waals surface area contributed by atoms with Gasteiger partial charge in [-0.3, -0.25) is 0 Å². The van der Waals surface area contributed by atoms with E-state index < -0.39 is 0 Å². The summed E-state index contributed by atoms with van der Waals surface area (Å²) in [5.74, 6) is 1.53. The SMILES string of the molecule is Cc1ccc(-c2nnc3c4ccccc4nc(N4CCN(C(=O)OCc5ccccc5)[C@@H](C)C4)n23)cc1. The highest BCUT2D eigenvalue weighted by Gasteiger charge is 2.31. The second-order valence-corrected chi connectivity index (χ2v) is 9.51. The van der Waals surface area contributed by atoms with Crippen molar-refractivity contribution in [1.82, 2.24) is 24.5 Å².